The van der Waals surface area contributed by atoms with Gasteiger partial charge in [-0.2, -0.15) is 0 Å². The Morgan fingerprint density at radius 3 is 2.64 bits per heavy atom. The van der Waals surface area contributed by atoms with E-state index in [1.165, 1.54) is 34.9 Å². The number of nitrogens with one attached hydrogen (secondary N) is 1. The predicted molar refractivity (Wildman–Crippen MR) is 153 cm³/mol. The highest BCUT2D eigenvalue weighted by atomic mass is 16.7. The summed E-state index contributed by atoms with van der Waals surface area (Å²) >= 11 is 0. The molecular weight excluding hydrogens is 540 g/mol. The zero-order valence-corrected chi connectivity index (χ0v) is 22.9. The zero-order chi connectivity index (χ0) is 29.1. The molecule has 0 unspecified atom stereocenters. The maximum atomic E-state index is 13.6. The molecule has 0 saturated heterocycles. The Bertz CT molecular complexity index is 1740. The van der Waals surface area contributed by atoms with Crippen molar-refractivity contribution in [3.05, 3.63) is 112 Å². The molecule has 0 fully saturated rings. The van der Waals surface area contributed by atoms with Crippen LogP contribution in [-0.4, -0.2) is 29.7 Å². The Balaban J connectivity index is 1.26. The second-order valence-corrected chi connectivity index (χ2v) is 9.83. The van der Waals surface area contributed by atoms with Crippen LogP contribution in [0.3, 0.4) is 0 Å². The third-order valence-electron chi connectivity index (χ3n) is 6.94. The van der Waals surface area contributed by atoms with Gasteiger partial charge >= 0.3 is 0 Å². The highest BCUT2D eigenvalue weighted by Gasteiger charge is 2.23. The predicted octanol–water partition coefficient (Wildman–Crippen LogP) is 4.83. The number of hydrogen-bond acceptors (Lipinski definition) is 8. The van der Waals surface area contributed by atoms with Gasteiger partial charge in [-0.3, -0.25) is 19.7 Å². The van der Waals surface area contributed by atoms with Crippen molar-refractivity contribution >= 4 is 22.6 Å². The third-order valence-corrected chi connectivity index (χ3v) is 6.94. The van der Waals surface area contributed by atoms with Crippen LogP contribution in [0.15, 0.2) is 95.4 Å². The summed E-state index contributed by atoms with van der Waals surface area (Å²) in [5.41, 5.74) is 1.35. The average Bonchev–Trinajstić information content (AvgIpc) is 3.46. The van der Waals surface area contributed by atoms with Crippen LogP contribution < -0.4 is 25.0 Å². The van der Waals surface area contributed by atoms with E-state index in [1.807, 2.05) is 19.1 Å². The number of fused-ring (bicyclic) bond motifs is 2. The number of carbonyl (C=O) groups excluding carboxylic acids is 2. The molecule has 42 heavy (non-hydrogen) atoms. The number of amides is 1. The van der Waals surface area contributed by atoms with Crippen molar-refractivity contribution in [2.75, 3.05) is 13.4 Å². The number of pyridine rings is 1. The molecule has 1 aromatic heterocycles. The number of nitrogens with zero attached hydrogens (tertiary/aromatic N) is 1. The number of rotatable bonds is 9. The molecule has 214 valence electrons. The van der Waals surface area contributed by atoms with Crippen molar-refractivity contribution in [2.24, 2.45) is 0 Å². The largest absolute Gasteiger partial charge is 0.494 e. The fourth-order valence-electron chi connectivity index (χ4n) is 4.95. The van der Waals surface area contributed by atoms with Crippen LogP contribution in [0.4, 0.5) is 0 Å². The van der Waals surface area contributed by atoms with Crippen LogP contribution in [0.2, 0.25) is 0 Å². The topological polar surface area (TPSA) is 114 Å². The van der Waals surface area contributed by atoms with Crippen LogP contribution in [0.5, 0.6) is 17.2 Å². The summed E-state index contributed by atoms with van der Waals surface area (Å²) in [6, 6.07) is 9.72. The van der Waals surface area contributed by atoms with E-state index in [0.717, 1.165) is 12.8 Å². The Hall–Kier alpha value is -5.25. The minimum atomic E-state index is -0.481. The smallest absolute Gasteiger partial charge is 0.246 e. The molecule has 2 aliphatic heterocycles. The summed E-state index contributed by atoms with van der Waals surface area (Å²) in [5.74, 6) is 1.22. The van der Waals surface area contributed by atoms with Crippen molar-refractivity contribution in [2.45, 2.75) is 32.7 Å². The van der Waals surface area contributed by atoms with Gasteiger partial charge in [-0.1, -0.05) is 23.8 Å². The molecule has 6 rings (SSSR count). The Labute approximate surface area is 241 Å². The Morgan fingerprint density at radius 1 is 1.07 bits per heavy atom. The second kappa shape index (κ2) is 11.7. The molecule has 1 aliphatic carbocycles. The van der Waals surface area contributed by atoms with Crippen LogP contribution in [-0.2, 0) is 20.8 Å². The third kappa shape index (κ3) is 5.64. The fourth-order valence-corrected chi connectivity index (χ4v) is 4.95. The molecule has 3 aliphatic rings. The van der Waals surface area contributed by atoms with Crippen molar-refractivity contribution in [1.82, 2.24) is 9.88 Å². The van der Waals surface area contributed by atoms with E-state index in [0.29, 0.717) is 47.1 Å². The Morgan fingerprint density at radius 2 is 1.88 bits per heavy atom. The molecule has 2 aromatic carbocycles. The summed E-state index contributed by atoms with van der Waals surface area (Å²) in [6.07, 6.45) is 12.8. The number of hydrogen-bond donors (Lipinski definition) is 1. The normalized spacial score (nSPS) is 15.2. The number of benzene rings is 2. The lowest BCUT2D eigenvalue weighted by atomic mass is 10.0. The minimum absolute atomic E-state index is 0.00678. The van der Waals surface area contributed by atoms with Gasteiger partial charge in [0.2, 0.25) is 24.0 Å². The lowest BCUT2D eigenvalue weighted by Crippen LogP contribution is -2.30. The standard InChI is InChI=1S/C32H28N2O8/c1-2-39-22-10-8-21(9-11-22)31(36)25-15-34(26-14-28-27(40-19-41-28)13-24(26)32(25)37)16-29(35)33-30-18-38-17-23(42-30)12-20-6-4-3-5-7-20/h3-4,6,8-11,13-15,17-18H,2,5,7,12,16,19H2,1H3,(H,33,35). The molecule has 0 bridgehead atoms. The molecule has 0 saturated carbocycles. The molecular formula is C32H28N2O8. The highest BCUT2D eigenvalue weighted by molar-refractivity contribution is 6.10. The summed E-state index contributed by atoms with van der Waals surface area (Å²) in [7, 11) is 0. The summed E-state index contributed by atoms with van der Waals surface area (Å²) in [5, 5.41) is 2.93. The first-order valence-electron chi connectivity index (χ1n) is 13.6. The number of ketones is 1. The van der Waals surface area contributed by atoms with Gasteiger partial charge in [-0.15, -0.1) is 0 Å². The van der Waals surface area contributed by atoms with E-state index >= 15 is 0 Å². The van der Waals surface area contributed by atoms with Crippen LogP contribution in [0, 0.1) is 0 Å². The molecule has 3 aromatic rings. The average molecular weight is 569 g/mol. The van der Waals surface area contributed by atoms with E-state index in [4.69, 9.17) is 23.7 Å². The first kappa shape index (κ1) is 26.9. The van der Waals surface area contributed by atoms with E-state index < -0.39 is 17.1 Å². The fraction of sp³-hybridized carbons (Fsp3) is 0.219. The van der Waals surface area contributed by atoms with Crippen molar-refractivity contribution in [1.29, 1.82) is 0 Å². The molecule has 0 radical (unpaired) electrons. The second-order valence-electron chi connectivity index (χ2n) is 9.83. The van der Waals surface area contributed by atoms with E-state index in [2.05, 4.69) is 11.4 Å². The molecule has 1 amide bonds. The summed E-state index contributed by atoms with van der Waals surface area (Å²) < 4.78 is 29.2. The molecule has 10 nitrogen and oxygen atoms in total. The van der Waals surface area contributed by atoms with Gasteiger partial charge in [0.1, 0.15) is 24.3 Å². The molecule has 10 heteroatoms. The van der Waals surface area contributed by atoms with Crippen LogP contribution in [0.25, 0.3) is 10.9 Å². The minimum Gasteiger partial charge on any atom is -0.494 e. The zero-order valence-electron chi connectivity index (χ0n) is 22.9. The Kier molecular flexibility index (Phi) is 7.50. The highest BCUT2D eigenvalue weighted by Crippen LogP contribution is 2.35. The number of aromatic nitrogens is 1. The number of allylic oxidation sites excluding steroid dienone is 4. The van der Waals surface area contributed by atoms with Crippen molar-refractivity contribution < 1.29 is 33.3 Å². The SMILES string of the molecule is CCOc1ccc(C(=O)c2cn(CC(=O)NC3=COC=C(CC4=CC=CCC4)O3)c3cc4c(cc3c2=O)OCO4)cc1. The van der Waals surface area contributed by atoms with Gasteiger partial charge in [-0.25, -0.2) is 0 Å². The van der Waals surface area contributed by atoms with Crippen molar-refractivity contribution in [3.8, 4) is 17.2 Å². The van der Waals surface area contributed by atoms with Gasteiger partial charge in [0.25, 0.3) is 0 Å². The number of ether oxygens (including phenoxy) is 5. The van der Waals surface area contributed by atoms with E-state index in [-0.39, 0.29) is 30.2 Å². The van der Waals surface area contributed by atoms with Gasteiger partial charge < -0.3 is 28.3 Å². The quantitative estimate of drug-likeness (QED) is 0.365. The van der Waals surface area contributed by atoms with Gasteiger partial charge in [0.15, 0.2) is 23.5 Å². The van der Waals surface area contributed by atoms with E-state index in [1.54, 1.807) is 30.3 Å². The number of carbonyl (C=O) groups is 2. The summed E-state index contributed by atoms with van der Waals surface area (Å²) in [4.78, 5) is 40.3. The van der Waals surface area contributed by atoms with Crippen molar-refractivity contribution in [3.63, 3.8) is 0 Å². The molecule has 3 heterocycles. The molecule has 1 N–H and O–H groups in total. The first-order chi connectivity index (χ1) is 20.5. The maximum absolute atomic E-state index is 13.6. The maximum Gasteiger partial charge on any atom is 0.246 e. The van der Waals surface area contributed by atoms with Gasteiger partial charge in [0, 0.05) is 24.2 Å². The van der Waals surface area contributed by atoms with Crippen LogP contribution in [0.1, 0.15) is 42.1 Å². The summed E-state index contributed by atoms with van der Waals surface area (Å²) in [6.45, 7) is 2.13. The lowest BCUT2D eigenvalue weighted by Gasteiger charge is -2.19. The van der Waals surface area contributed by atoms with Crippen LogP contribution >= 0.6 is 0 Å². The lowest BCUT2D eigenvalue weighted by molar-refractivity contribution is -0.121. The van der Waals surface area contributed by atoms with Gasteiger partial charge in [0.05, 0.1) is 23.1 Å². The first-order valence-corrected chi connectivity index (χ1v) is 13.6. The molecule has 0 atom stereocenters. The molecule has 0 spiro atoms. The van der Waals surface area contributed by atoms with Gasteiger partial charge in [-0.05, 0) is 50.1 Å². The van der Waals surface area contributed by atoms with E-state index in [9.17, 15) is 14.4 Å². The monoisotopic (exact) mass is 568 g/mol.